The first-order valence-electron chi connectivity index (χ1n) is 12.7. The standard InChI is InChI=1S/C28H40N4O2/c1-29-27(24-13-16-30(17-14-24)15-12-23-8-4-3-5-9-23)28(33)32-20-18-31(19-21-32)22-25-10-6-7-11-26(25)34-2/h3-11,24,27,29H,12-22H2,1-2H3/t27-/m1/s1. The van der Waals surface area contributed by atoms with Gasteiger partial charge in [0.05, 0.1) is 13.2 Å². The average Bonchev–Trinajstić information content (AvgIpc) is 2.90. The molecule has 2 aromatic rings. The number of para-hydroxylation sites is 1. The van der Waals surface area contributed by atoms with Crippen LogP contribution in [0.4, 0.5) is 0 Å². The minimum atomic E-state index is -0.0722. The van der Waals surface area contributed by atoms with Crippen molar-refractivity contribution in [1.82, 2.24) is 20.0 Å². The van der Waals surface area contributed by atoms with Crippen LogP contribution in [0.15, 0.2) is 54.6 Å². The van der Waals surface area contributed by atoms with Gasteiger partial charge in [-0.05, 0) is 56.9 Å². The number of likely N-dealkylation sites (tertiary alicyclic amines) is 1. The monoisotopic (exact) mass is 464 g/mol. The maximum Gasteiger partial charge on any atom is 0.240 e. The Morgan fingerprint density at radius 2 is 1.62 bits per heavy atom. The van der Waals surface area contributed by atoms with Gasteiger partial charge in [-0.25, -0.2) is 0 Å². The summed E-state index contributed by atoms with van der Waals surface area (Å²) in [5.41, 5.74) is 2.61. The van der Waals surface area contributed by atoms with Gasteiger partial charge in [0.15, 0.2) is 0 Å². The molecule has 2 aliphatic rings. The van der Waals surface area contributed by atoms with Crippen LogP contribution in [-0.4, -0.2) is 86.6 Å². The number of nitrogens with zero attached hydrogens (tertiary/aromatic N) is 3. The predicted octanol–water partition coefficient (Wildman–Crippen LogP) is 2.88. The summed E-state index contributed by atoms with van der Waals surface area (Å²) in [6.45, 7) is 7.51. The second-order valence-electron chi connectivity index (χ2n) is 9.59. The zero-order valence-corrected chi connectivity index (χ0v) is 20.8. The molecule has 6 nitrogen and oxygen atoms in total. The molecule has 34 heavy (non-hydrogen) atoms. The molecule has 4 rings (SSSR count). The predicted molar refractivity (Wildman–Crippen MR) is 137 cm³/mol. The lowest BCUT2D eigenvalue weighted by molar-refractivity contribution is -0.137. The number of methoxy groups -OCH3 is 1. The van der Waals surface area contributed by atoms with Gasteiger partial charge in [-0.15, -0.1) is 0 Å². The Kier molecular flexibility index (Phi) is 8.97. The summed E-state index contributed by atoms with van der Waals surface area (Å²) in [7, 11) is 3.67. The van der Waals surface area contributed by atoms with Crippen molar-refractivity contribution < 1.29 is 9.53 Å². The lowest BCUT2D eigenvalue weighted by Crippen LogP contribution is -2.56. The molecule has 1 atom stereocenters. The number of carbonyl (C=O) groups excluding carboxylic acids is 1. The molecule has 6 heteroatoms. The lowest BCUT2D eigenvalue weighted by atomic mass is 9.88. The SMILES string of the molecule is CN[C@@H](C(=O)N1CCN(Cc2ccccc2OC)CC1)C1CCN(CCc2ccccc2)CC1. The van der Waals surface area contributed by atoms with Crippen molar-refractivity contribution in [2.75, 3.05) is 60.0 Å². The Morgan fingerprint density at radius 3 is 2.29 bits per heavy atom. The number of piperazine rings is 1. The maximum absolute atomic E-state index is 13.4. The van der Waals surface area contributed by atoms with Crippen LogP contribution < -0.4 is 10.1 Å². The zero-order valence-electron chi connectivity index (χ0n) is 20.8. The van der Waals surface area contributed by atoms with Crippen molar-refractivity contribution in [2.45, 2.75) is 31.8 Å². The molecule has 0 aliphatic carbocycles. The van der Waals surface area contributed by atoms with Gasteiger partial charge in [-0.2, -0.15) is 0 Å². The van der Waals surface area contributed by atoms with Crippen molar-refractivity contribution in [3.05, 3.63) is 65.7 Å². The summed E-state index contributed by atoms with van der Waals surface area (Å²) >= 11 is 0. The van der Waals surface area contributed by atoms with Gasteiger partial charge in [0.1, 0.15) is 5.75 Å². The molecular formula is C28H40N4O2. The number of ether oxygens (including phenoxy) is 1. The Balaban J connectivity index is 1.22. The van der Waals surface area contributed by atoms with Gasteiger partial charge >= 0.3 is 0 Å². The van der Waals surface area contributed by atoms with E-state index in [-0.39, 0.29) is 11.9 Å². The van der Waals surface area contributed by atoms with Crippen LogP contribution in [-0.2, 0) is 17.8 Å². The third kappa shape index (κ3) is 6.38. The number of hydrogen-bond donors (Lipinski definition) is 1. The topological polar surface area (TPSA) is 48.1 Å². The van der Waals surface area contributed by atoms with Crippen LogP contribution in [0, 0.1) is 5.92 Å². The average molecular weight is 465 g/mol. The number of benzene rings is 2. The van der Waals surface area contributed by atoms with Gasteiger partial charge in [0.2, 0.25) is 5.91 Å². The smallest absolute Gasteiger partial charge is 0.240 e. The third-order valence-electron chi connectivity index (χ3n) is 7.51. The van der Waals surface area contributed by atoms with Gasteiger partial charge in [0, 0.05) is 44.8 Å². The molecule has 0 bridgehead atoms. The molecule has 184 valence electrons. The largest absolute Gasteiger partial charge is 0.496 e. The van der Waals surface area contributed by atoms with E-state index in [0.717, 1.165) is 77.4 Å². The summed E-state index contributed by atoms with van der Waals surface area (Å²) in [6, 6.07) is 18.8. The first kappa shape index (κ1) is 24.7. The number of carbonyl (C=O) groups is 1. The summed E-state index contributed by atoms with van der Waals surface area (Å²) < 4.78 is 5.50. The van der Waals surface area contributed by atoms with Crippen molar-refractivity contribution in [1.29, 1.82) is 0 Å². The van der Waals surface area contributed by atoms with E-state index >= 15 is 0 Å². The van der Waals surface area contributed by atoms with Crippen LogP contribution >= 0.6 is 0 Å². The fraction of sp³-hybridized carbons (Fsp3) is 0.536. The number of nitrogens with one attached hydrogen (secondary N) is 1. The Bertz CT molecular complexity index is 890. The normalized spacial score (nSPS) is 19.2. The van der Waals surface area contributed by atoms with E-state index in [4.69, 9.17) is 4.74 Å². The van der Waals surface area contributed by atoms with Crippen molar-refractivity contribution >= 4 is 5.91 Å². The summed E-state index contributed by atoms with van der Waals surface area (Å²) in [6.07, 6.45) is 3.26. The number of amides is 1. The third-order valence-corrected chi connectivity index (χ3v) is 7.51. The molecule has 0 spiro atoms. The Labute approximate surface area is 204 Å². The molecule has 1 N–H and O–H groups in total. The number of rotatable bonds is 9. The minimum Gasteiger partial charge on any atom is -0.496 e. The van der Waals surface area contributed by atoms with E-state index in [1.165, 1.54) is 11.1 Å². The molecule has 0 radical (unpaired) electrons. The van der Waals surface area contributed by atoms with E-state index in [9.17, 15) is 4.79 Å². The van der Waals surface area contributed by atoms with E-state index in [1.54, 1.807) is 7.11 Å². The van der Waals surface area contributed by atoms with Crippen LogP contribution in [0.2, 0.25) is 0 Å². The van der Waals surface area contributed by atoms with Crippen molar-refractivity contribution in [2.24, 2.45) is 5.92 Å². The highest BCUT2D eigenvalue weighted by Gasteiger charge is 2.34. The molecule has 0 unspecified atom stereocenters. The van der Waals surface area contributed by atoms with Crippen molar-refractivity contribution in [3.8, 4) is 5.75 Å². The highest BCUT2D eigenvalue weighted by Crippen LogP contribution is 2.24. The lowest BCUT2D eigenvalue weighted by Gasteiger charge is -2.40. The van der Waals surface area contributed by atoms with Gasteiger partial charge < -0.3 is 19.9 Å². The van der Waals surface area contributed by atoms with Gasteiger partial charge in [-0.1, -0.05) is 48.5 Å². The van der Waals surface area contributed by atoms with Crippen LogP contribution in [0.1, 0.15) is 24.0 Å². The fourth-order valence-corrected chi connectivity index (χ4v) is 5.40. The molecule has 2 fully saturated rings. The molecule has 0 saturated carbocycles. The molecule has 2 saturated heterocycles. The first-order chi connectivity index (χ1) is 16.7. The highest BCUT2D eigenvalue weighted by atomic mass is 16.5. The summed E-state index contributed by atoms with van der Waals surface area (Å²) in [5.74, 6) is 1.63. The Morgan fingerprint density at radius 1 is 0.941 bits per heavy atom. The van der Waals surface area contributed by atoms with Crippen LogP contribution in [0.5, 0.6) is 5.75 Å². The van der Waals surface area contributed by atoms with Gasteiger partial charge in [-0.3, -0.25) is 9.69 Å². The highest BCUT2D eigenvalue weighted by molar-refractivity contribution is 5.82. The van der Waals surface area contributed by atoms with Gasteiger partial charge in [0.25, 0.3) is 0 Å². The van der Waals surface area contributed by atoms with Crippen molar-refractivity contribution in [3.63, 3.8) is 0 Å². The van der Waals surface area contributed by atoms with E-state index in [2.05, 4.69) is 62.5 Å². The molecule has 2 aliphatic heterocycles. The Hall–Kier alpha value is -2.41. The van der Waals surface area contributed by atoms with Crippen LogP contribution in [0.25, 0.3) is 0 Å². The maximum atomic E-state index is 13.4. The molecule has 0 aromatic heterocycles. The first-order valence-corrected chi connectivity index (χ1v) is 12.7. The van der Waals surface area contributed by atoms with E-state index < -0.39 is 0 Å². The fourth-order valence-electron chi connectivity index (χ4n) is 5.40. The number of likely N-dealkylation sites (N-methyl/N-ethyl adjacent to an activating group) is 1. The number of piperidine rings is 1. The molecule has 2 aromatic carbocycles. The van der Waals surface area contributed by atoms with E-state index in [0.29, 0.717) is 5.92 Å². The molecule has 2 heterocycles. The second kappa shape index (κ2) is 12.3. The zero-order chi connectivity index (χ0) is 23.8. The van der Waals surface area contributed by atoms with E-state index in [1.807, 2.05) is 19.2 Å². The summed E-state index contributed by atoms with van der Waals surface area (Å²) in [4.78, 5) is 20.4. The second-order valence-corrected chi connectivity index (χ2v) is 9.59. The number of hydrogen-bond acceptors (Lipinski definition) is 5. The summed E-state index contributed by atoms with van der Waals surface area (Å²) in [5, 5.41) is 3.37. The molecule has 1 amide bonds. The molecular weight excluding hydrogens is 424 g/mol. The van der Waals surface area contributed by atoms with Crippen LogP contribution in [0.3, 0.4) is 0 Å². The minimum absolute atomic E-state index is 0.0722. The quantitative estimate of drug-likeness (QED) is 0.619.